The Morgan fingerprint density at radius 1 is 0.905 bits per heavy atom. The Bertz CT molecular complexity index is 1290. The number of benzene rings is 2. The molecule has 230 valence electrons. The highest BCUT2D eigenvalue weighted by Gasteiger charge is 2.51. The van der Waals surface area contributed by atoms with Gasteiger partial charge in [0, 0.05) is 28.9 Å². The van der Waals surface area contributed by atoms with Crippen molar-refractivity contribution in [2.45, 2.75) is 52.5 Å². The third-order valence-corrected chi connectivity index (χ3v) is 7.36. The molecular weight excluding hydrogens is 636 g/mol. The number of ether oxygens (including phenoxy) is 1. The van der Waals surface area contributed by atoms with Crippen LogP contribution in [0, 0.1) is 17.8 Å². The zero-order valence-electron chi connectivity index (χ0n) is 23.4. The number of carbonyl (C=O) groups excluding carboxylic acids is 4. The highest BCUT2D eigenvalue weighted by Crippen LogP contribution is 2.29. The summed E-state index contributed by atoms with van der Waals surface area (Å²) in [6.45, 7) is 5.85. The Labute approximate surface area is 263 Å². The molecule has 2 aromatic rings. The topological polar surface area (TPSA) is 102 Å². The fourth-order valence-corrected chi connectivity index (χ4v) is 4.71. The minimum atomic E-state index is -4.35. The third kappa shape index (κ3) is 10.7. The maximum atomic E-state index is 14.9. The van der Waals surface area contributed by atoms with Crippen LogP contribution < -0.4 is 15.4 Å². The number of carbonyl (C=O) groups is 4. The number of Topliss-reactive ketones (excluding diaryl/α,β-unsaturated/α-hetero) is 2. The van der Waals surface area contributed by atoms with Gasteiger partial charge in [0.05, 0.1) is 16.1 Å². The predicted molar refractivity (Wildman–Crippen MR) is 160 cm³/mol. The molecule has 2 N–H and O–H groups in total. The molecule has 42 heavy (non-hydrogen) atoms. The Morgan fingerprint density at radius 2 is 1.52 bits per heavy atom. The molecule has 0 aromatic heterocycles. The molecule has 0 saturated heterocycles. The molecule has 2 atom stereocenters. The number of hydrogen-bond acceptors (Lipinski definition) is 5. The molecular formula is C29H32Cl4F2N2O5. The van der Waals surface area contributed by atoms with Gasteiger partial charge in [-0.25, -0.2) is 0 Å². The molecule has 2 amide bonds. The van der Waals surface area contributed by atoms with Gasteiger partial charge in [0.15, 0.2) is 12.4 Å². The quantitative estimate of drug-likeness (QED) is 0.208. The van der Waals surface area contributed by atoms with E-state index in [4.69, 9.17) is 51.1 Å². The molecule has 0 aliphatic carbocycles. The first kappa shape index (κ1) is 35.7. The molecule has 0 spiro atoms. The first-order valence-electron chi connectivity index (χ1n) is 13.1. The van der Waals surface area contributed by atoms with Crippen LogP contribution in [0.5, 0.6) is 5.75 Å². The second-order valence-electron chi connectivity index (χ2n) is 10.5. The largest absolute Gasteiger partial charge is 0.484 e. The fourth-order valence-electron chi connectivity index (χ4n) is 3.89. The highest BCUT2D eigenvalue weighted by molar-refractivity contribution is 6.42. The average Bonchev–Trinajstić information content (AvgIpc) is 2.89. The summed E-state index contributed by atoms with van der Waals surface area (Å²) in [6, 6.07) is 7.70. The van der Waals surface area contributed by atoms with Crippen LogP contribution in [0.15, 0.2) is 36.4 Å². The van der Waals surface area contributed by atoms with Gasteiger partial charge in [-0.3, -0.25) is 19.2 Å². The van der Waals surface area contributed by atoms with Crippen molar-refractivity contribution < 1.29 is 32.7 Å². The summed E-state index contributed by atoms with van der Waals surface area (Å²) in [7, 11) is 0. The summed E-state index contributed by atoms with van der Waals surface area (Å²) in [4.78, 5) is 51.3. The van der Waals surface area contributed by atoms with Gasteiger partial charge in [-0.15, -0.1) is 0 Å². The summed E-state index contributed by atoms with van der Waals surface area (Å²) < 4.78 is 35.2. The Morgan fingerprint density at radius 3 is 2.07 bits per heavy atom. The first-order valence-corrected chi connectivity index (χ1v) is 14.6. The van der Waals surface area contributed by atoms with E-state index < -0.39 is 60.2 Å². The minimum Gasteiger partial charge on any atom is -0.484 e. The van der Waals surface area contributed by atoms with E-state index in [0.717, 1.165) is 0 Å². The lowest BCUT2D eigenvalue weighted by atomic mass is 9.82. The molecule has 0 aliphatic heterocycles. The molecule has 0 fully saturated rings. The maximum Gasteiger partial charge on any atom is 0.381 e. The summed E-state index contributed by atoms with van der Waals surface area (Å²) in [5.41, 5.74) is 0.511. The lowest BCUT2D eigenvalue weighted by Crippen LogP contribution is -2.51. The molecule has 7 nitrogen and oxygen atoms in total. The number of alkyl halides is 2. The third-order valence-electron chi connectivity index (χ3n) is 6.18. The van der Waals surface area contributed by atoms with Crippen LogP contribution in [0.2, 0.25) is 20.1 Å². The van der Waals surface area contributed by atoms with Gasteiger partial charge in [-0.2, -0.15) is 8.78 Å². The standard InChI is InChI=1S/C29H32Cl4F2N2O5/c1-15(2)13-36-28(41)29(34,35)27(40)21(16(3)4)12-25(38)24(8-17-5-6-22(32)23(33)7-17)37-26(39)14-42-20-10-18(30)9-19(31)11-20/h5-7,9-11,15-16,21,24H,8,12-14H2,1-4H3,(H,36,41)(H,37,39)/t21-,24-/m0/s1. The molecule has 0 aliphatic rings. The van der Waals surface area contributed by atoms with Crippen molar-refractivity contribution in [2.24, 2.45) is 17.8 Å². The zero-order valence-corrected chi connectivity index (χ0v) is 26.4. The van der Waals surface area contributed by atoms with Crippen molar-refractivity contribution >= 4 is 69.8 Å². The number of halogens is 6. The normalized spacial score (nSPS) is 13.0. The minimum absolute atomic E-state index is 0.0474. The zero-order chi connectivity index (χ0) is 31.8. The van der Waals surface area contributed by atoms with E-state index in [1.54, 1.807) is 19.9 Å². The van der Waals surface area contributed by atoms with Crippen LogP contribution in [0.3, 0.4) is 0 Å². The number of hydrogen-bond donors (Lipinski definition) is 2. The summed E-state index contributed by atoms with van der Waals surface area (Å²) in [5, 5.41) is 5.65. The van der Waals surface area contributed by atoms with E-state index in [1.807, 2.05) is 0 Å². The summed E-state index contributed by atoms with van der Waals surface area (Å²) in [5.74, 6) is -11.3. The Kier molecular flexibility index (Phi) is 13.5. The van der Waals surface area contributed by atoms with Gasteiger partial charge in [0.1, 0.15) is 5.75 Å². The molecule has 0 bridgehead atoms. The van der Waals surface area contributed by atoms with Crippen LogP contribution in [0.1, 0.15) is 39.7 Å². The highest BCUT2D eigenvalue weighted by atomic mass is 35.5. The van der Waals surface area contributed by atoms with Crippen molar-refractivity contribution in [3.8, 4) is 5.75 Å². The van der Waals surface area contributed by atoms with Crippen molar-refractivity contribution in [3.05, 3.63) is 62.1 Å². The van der Waals surface area contributed by atoms with E-state index in [0.29, 0.717) is 5.56 Å². The molecule has 2 aromatic carbocycles. The van der Waals surface area contributed by atoms with E-state index in [-0.39, 0.29) is 44.7 Å². The van der Waals surface area contributed by atoms with Crippen LogP contribution in [0.4, 0.5) is 8.78 Å². The van der Waals surface area contributed by atoms with Gasteiger partial charge in [-0.05, 0) is 54.2 Å². The molecule has 0 saturated carbocycles. The number of rotatable bonds is 15. The SMILES string of the molecule is CC(C)CNC(=O)C(F)(F)C(=O)[C@@H](CC(=O)[C@H](Cc1ccc(Cl)c(Cl)c1)NC(=O)COc1cc(Cl)cc(Cl)c1)C(C)C. The van der Waals surface area contributed by atoms with Crippen LogP contribution >= 0.6 is 46.4 Å². The van der Waals surface area contributed by atoms with Crippen LogP contribution in [0.25, 0.3) is 0 Å². The van der Waals surface area contributed by atoms with Crippen LogP contribution in [-0.4, -0.2) is 48.5 Å². The lowest BCUT2D eigenvalue weighted by Gasteiger charge is -2.26. The number of ketones is 2. The smallest absolute Gasteiger partial charge is 0.381 e. The van der Waals surface area contributed by atoms with E-state index >= 15 is 0 Å². The van der Waals surface area contributed by atoms with Crippen LogP contribution in [-0.2, 0) is 25.6 Å². The van der Waals surface area contributed by atoms with E-state index in [2.05, 4.69) is 10.6 Å². The predicted octanol–water partition coefficient (Wildman–Crippen LogP) is 6.61. The van der Waals surface area contributed by atoms with Gasteiger partial charge in [-0.1, -0.05) is 80.2 Å². The number of nitrogens with one attached hydrogen (secondary N) is 2. The van der Waals surface area contributed by atoms with Gasteiger partial charge >= 0.3 is 5.92 Å². The fraction of sp³-hybridized carbons (Fsp3) is 0.448. The molecule has 13 heteroatoms. The maximum absolute atomic E-state index is 14.9. The van der Waals surface area contributed by atoms with Gasteiger partial charge in [0.2, 0.25) is 5.78 Å². The average molecular weight is 668 g/mol. The van der Waals surface area contributed by atoms with E-state index in [9.17, 15) is 28.0 Å². The Hall–Kier alpha value is -2.46. The second kappa shape index (κ2) is 15.8. The second-order valence-corrected chi connectivity index (χ2v) is 12.2. The summed E-state index contributed by atoms with van der Waals surface area (Å²) >= 11 is 24.0. The molecule has 0 unspecified atom stereocenters. The molecule has 0 radical (unpaired) electrons. The van der Waals surface area contributed by atoms with Crippen molar-refractivity contribution in [2.75, 3.05) is 13.2 Å². The molecule has 2 rings (SSSR count). The van der Waals surface area contributed by atoms with Crippen molar-refractivity contribution in [3.63, 3.8) is 0 Å². The first-order chi connectivity index (χ1) is 19.5. The number of amides is 2. The lowest BCUT2D eigenvalue weighted by molar-refractivity contribution is -0.162. The summed E-state index contributed by atoms with van der Waals surface area (Å²) in [6.07, 6.45) is -0.741. The molecule has 0 heterocycles. The van der Waals surface area contributed by atoms with Crippen molar-refractivity contribution in [1.29, 1.82) is 0 Å². The van der Waals surface area contributed by atoms with Crippen molar-refractivity contribution in [1.82, 2.24) is 10.6 Å². The Balaban J connectivity index is 2.26. The van der Waals surface area contributed by atoms with E-state index in [1.165, 1.54) is 44.2 Å². The van der Waals surface area contributed by atoms with Gasteiger partial charge < -0.3 is 15.4 Å². The monoisotopic (exact) mass is 666 g/mol. The van der Waals surface area contributed by atoms with Gasteiger partial charge in [0.25, 0.3) is 11.8 Å².